The SMILES string of the molecule is O=C(CCc1ccc2c(n1)NCCC2)NCC1CCC(C(=O)O)CC1. The lowest BCUT2D eigenvalue weighted by molar-refractivity contribution is -0.143. The maximum atomic E-state index is 12.1. The fourth-order valence-corrected chi connectivity index (χ4v) is 3.71. The van der Waals surface area contributed by atoms with E-state index in [4.69, 9.17) is 5.11 Å². The van der Waals surface area contributed by atoms with E-state index in [9.17, 15) is 9.59 Å². The molecule has 0 saturated heterocycles. The van der Waals surface area contributed by atoms with Crippen LogP contribution in [-0.4, -0.2) is 35.1 Å². The van der Waals surface area contributed by atoms with Crippen molar-refractivity contribution in [3.05, 3.63) is 23.4 Å². The smallest absolute Gasteiger partial charge is 0.306 e. The number of carboxylic acids is 1. The van der Waals surface area contributed by atoms with Gasteiger partial charge in [-0.1, -0.05) is 6.07 Å². The number of aromatic nitrogens is 1. The highest BCUT2D eigenvalue weighted by Crippen LogP contribution is 2.28. The van der Waals surface area contributed by atoms with Crippen molar-refractivity contribution in [3.8, 4) is 0 Å². The Morgan fingerprint density at radius 2 is 2.04 bits per heavy atom. The largest absolute Gasteiger partial charge is 0.481 e. The minimum Gasteiger partial charge on any atom is -0.481 e. The van der Waals surface area contributed by atoms with Gasteiger partial charge in [0.15, 0.2) is 0 Å². The molecule has 1 aliphatic carbocycles. The molecule has 0 bridgehead atoms. The Morgan fingerprint density at radius 1 is 1.24 bits per heavy atom. The molecule has 1 aromatic heterocycles. The van der Waals surface area contributed by atoms with Crippen LogP contribution in [0.2, 0.25) is 0 Å². The van der Waals surface area contributed by atoms with Crippen LogP contribution in [0.1, 0.15) is 49.8 Å². The molecule has 0 spiro atoms. The summed E-state index contributed by atoms with van der Waals surface area (Å²) < 4.78 is 0. The molecule has 0 unspecified atom stereocenters. The minimum atomic E-state index is -0.686. The molecule has 1 aromatic rings. The van der Waals surface area contributed by atoms with E-state index in [-0.39, 0.29) is 11.8 Å². The lowest BCUT2D eigenvalue weighted by Gasteiger charge is -2.26. The number of fused-ring (bicyclic) bond motifs is 1. The first-order chi connectivity index (χ1) is 12.1. The highest BCUT2D eigenvalue weighted by atomic mass is 16.4. The van der Waals surface area contributed by atoms with Gasteiger partial charge in [0.05, 0.1) is 5.92 Å². The number of pyridine rings is 1. The van der Waals surface area contributed by atoms with E-state index < -0.39 is 5.97 Å². The Morgan fingerprint density at radius 3 is 2.80 bits per heavy atom. The van der Waals surface area contributed by atoms with Crippen LogP contribution in [0.15, 0.2) is 12.1 Å². The van der Waals surface area contributed by atoms with Crippen LogP contribution in [0.4, 0.5) is 5.82 Å². The number of nitrogens with zero attached hydrogens (tertiary/aromatic N) is 1. The number of nitrogens with one attached hydrogen (secondary N) is 2. The van der Waals surface area contributed by atoms with Crippen LogP contribution in [0, 0.1) is 11.8 Å². The zero-order valence-corrected chi connectivity index (χ0v) is 14.6. The van der Waals surface area contributed by atoms with Gasteiger partial charge in [-0.25, -0.2) is 4.98 Å². The summed E-state index contributed by atoms with van der Waals surface area (Å²) in [6, 6.07) is 4.13. The molecule has 136 valence electrons. The molecule has 2 heterocycles. The van der Waals surface area contributed by atoms with Gasteiger partial charge in [0.25, 0.3) is 0 Å². The predicted octanol–water partition coefficient (Wildman–Crippen LogP) is 2.38. The molecule has 1 aliphatic heterocycles. The Kier molecular flexibility index (Phi) is 5.89. The van der Waals surface area contributed by atoms with Crippen LogP contribution < -0.4 is 10.6 Å². The zero-order chi connectivity index (χ0) is 17.6. The first-order valence-electron chi connectivity index (χ1n) is 9.34. The number of carbonyl (C=O) groups excluding carboxylic acids is 1. The maximum absolute atomic E-state index is 12.1. The summed E-state index contributed by atoms with van der Waals surface area (Å²) in [5.74, 6) is 0.544. The number of carbonyl (C=O) groups is 2. The van der Waals surface area contributed by atoms with Crippen molar-refractivity contribution in [2.75, 3.05) is 18.4 Å². The van der Waals surface area contributed by atoms with Gasteiger partial charge in [-0.2, -0.15) is 0 Å². The topological polar surface area (TPSA) is 91.3 Å². The maximum Gasteiger partial charge on any atom is 0.306 e. The Bertz CT molecular complexity index is 624. The Balaban J connectivity index is 1.38. The average Bonchev–Trinajstić information content (AvgIpc) is 2.65. The second-order valence-corrected chi connectivity index (χ2v) is 7.20. The van der Waals surface area contributed by atoms with E-state index >= 15 is 0 Å². The van der Waals surface area contributed by atoms with E-state index in [0.717, 1.165) is 56.6 Å². The molecular formula is C19H27N3O3. The van der Waals surface area contributed by atoms with Crippen molar-refractivity contribution in [1.29, 1.82) is 0 Å². The molecule has 0 radical (unpaired) electrons. The van der Waals surface area contributed by atoms with Gasteiger partial charge in [0, 0.05) is 25.2 Å². The number of anilines is 1. The monoisotopic (exact) mass is 345 g/mol. The van der Waals surface area contributed by atoms with Crippen molar-refractivity contribution in [2.24, 2.45) is 11.8 Å². The fraction of sp³-hybridized carbons (Fsp3) is 0.632. The summed E-state index contributed by atoms with van der Waals surface area (Å²) >= 11 is 0. The van der Waals surface area contributed by atoms with Gasteiger partial charge in [-0.3, -0.25) is 9.59 Å². The second kappa shape index (κ2) is 8.32. The van der Waals surface area contributed by atoms with Gasteiger partial charge in [0.1, 0.15) is 5.82 Å². The number of amides is 1. The summed E-state index contributed by atoms with van der Waals surface area (Å²) in [6.45, 7) is 1.62. The number of carboxylic acid groups (broad SMARTS) is 1. The number of hydrogen-bond acceptors (Lipinski definition) is 4. The van der Waals surface area contributed by atoms with Gasteiger partial charge < -0.3 is 15.7 Å². The minimum absolute atomic E-state index is 0.0489. The van der Waals surface area contributed by atoms with E-state index in [1.807, 2.05) is 6.07 Å². The normalized spacial score (nSPS) is 22.6. The molecule has 3 N–H and O–H groups in total. The third-order valence-corrected chi connectivity index (χ3v) is 5.34. The molecule has 6 heteroatoms. The molecule has 0 aromatic carbocycles. The molecule has 6 nitrogen and oxygen atoms in total. The summed E-state index contributed by atoms with van der Waals surface area (Å²) in [7, 11) is 0. The van der Waals surface area contributed by atoms with Gasteiger partial charge >= 0.3 is 5.97 Å². The first-order valence-corrected chi connectivity index (χ1v) is 9.34. The number of rotatable bonds is 6. The molecule has 0 atom stereocenters. The summed E-state index contributed by atoms with van der Waals surface area (Å²) in [4.78, 5) is 27.6. The summed E-state index contributed by atoms with van der Waals surface area (Å²) in [5.41, 5.74) is 2.21. The quantitative estimate of drug-likeness (QED) is 0.736. The van der Waals surface area contributed by atoms with E-state index in [0.29, 0.717) is 25.3 Å². The van der Waals surface area contributed by atoms with E-state index in [1.54, 1.807) is 0 Å². The molecule has 2 aliphatic rings. The van der Waals surface area contributed by atoms with Crippen LogP contribution in [0.5, 0.6) is 0 Å². The number of hydrogen-bond donors (Lipinski definition) is 3. The Labute approximate surface area is 148 Å². The summed E-state index contributed by atoms with van der Waals surface area (Å²) in [6.07, 6.45) is 6.52. The zero-order valence-electron chi connectivity index (χ0n) is 14.6. The van der Waals surface area contributed by atoms with Gasteiger partial charge in [-0.05, 0) is 62.5 Å². The average molecular weight is 345 g/mol. The van der Waals surface area contributed by atoms with Crippen molar-refractivity contribution in [3.63, 3.8) is 0 Å². The molecular weight excluding hydrogens is 318 g/mol. The fourth-order valence-electron chi connectivity index (χ4n) is 3.71. The summed E-state index contributed by atoms with van der Waals surface area (Å²) in [5, 5.41) is 15.3. The molecule has 3 rings (SSSR count). The van der Waals surface area contributed by atoms with E-state index in [1.165, 1.54) is 5.56 Å². The van der Waals surface area contributed by atoms with Crippen LogP contribution in [0.3, 0.4) is 0 Å². The second-order valence-electron chi connectivity index (χ2n) is 7.20. The number of aliphatic carboxylic acids is 1. The van der Waals surface area contributed by atoms with E-state index in [2.05, 4.69) is 21.7 Å². The number of aryl methyl sites for hydroxylation is 2. The van der Waals surface area contributed by atoms with Crippen LogP contribution in [-0.2, 0) is 22.4 Å². The third-order valence-electron chi connectivity index (χ3n) is 5.34. The molecule has 25 heavy (non-hydrogen) atoms. The predicted molar refractivity (Wildman–Crippen MR) is 95.5 cm³/mol. The van der Waals surface area contributed by atoms with Crippen molar-refractivity contribution < 1.29 is 14.7 Å². The van der Waals surface area contributed by atoms with Crippen molar-refractivity contribution in [1.82, 2.24) is 10.3 Å². The molecule has 1 fully saturated rings. The van der Waals surface area contributed by atoms with Gasteiger partial charge in [-0.15, -0.1) is 0 Å². The highest BCUT2D eigenvalue weighted by Gasteiger charge is 2.25. The first kappa shape index (κ1) is 17.7. The molecule has 1 saturated carbocycles. The third kappa shape index (κ3) is 4.94. The van der Waals surface area contributed by atoms with Crippen LogP contribution >= 0.6 is 0 Å². The highest BCUT2D eigenvalue weighted by molar-refractivity contribution is 5.76. The standard InChI is InChI=1S/C19H27N3O3/c23-17(21-12-13-3-5-15(6-4-13)19(24)25)10-9-16-8-7-14-2-1-11-20-18(14)22-16/h7-8,13,15H,1-6,9-12H2,(H,20,22)(H,21,23)(H,24,25). The van der Waals surface area contributed by atoms with Gasteiger partial charge in [0.2, 0.25) is 5.91 Å². The Hall–Kier alpha value is -2.11. The lowest BCUT2D eigenvalue weighted by Crippen LogP contribution is -2.32. The van der Waals surface area contributed by atoms with Crippen LogP contribution in [0.25, 0.3) is 0 Å². The molecule has 1 amide bonds. The van der Waals surface area contributed by atoms with Crippen molar-refractivity contribution in [2.45, 2.75) is 51.4 Å². The van der Waals surface area contributed by atoms with Crippen molar-refractivity contribution >= 4 is 17.7 Å². The lowest BCUT2D eigenvalue weighted by atomic mass is 9.82.